The van der Waals surface area contributed by atoms with Gasteiger partial charge in [-0.25, -0.2) is 0 Å². The summed E-state index contributed by atoms with van der Waals surface area (Å²) in [5.41, 5.74) is 6.82. The van der Waals surface area contributed by atoms with Crippen LogP contribution in [0.3, 0.4) is 0 Å². The van der Waals surface area contributed by atoms with Crippen molar-refractivity contribution in [1.29, 1.82) is 0 Å². The van der Waals surface area contributed by atoms with E-state index in [1.807, 2.05) is 36.4 Å². The fourth-order valence-electron chi connectivity index (χ4n) is 2.08. The average Bonchev–Trinajstić information content (AvgIpc) is 2.53. The van der Waals surface area contributed by atoms with Crippen molar-refractivity contribution in [3.05, 3.63) is 42.4 Å². The van der Waals surface area contributed by atoms with Crippen LogP contribution in [0.1, 0.15) is 12.8 Å². The molecule has 0 bridgehead atoms. The van der Waals surface area contributed by atoms with Crippen LogP contribution in [0.4, 0.5) is 5.69 Å². The van der Waals surface area contributed by atoms with Gasteiger partial charge in [0.1, 0.15) is 12.2 Å². The molecule has 3 unspecified atom stereocenters. The van der Waals surface area contributed by atoms with E-state index in [1.165, 1.54) is 0 Å². The van der Waals surface area contributed by atoms with Crippen molar-refractivity contribution in [1.82, 2.24) is 0 Å². The summed E-state index contributed by atoms with van der Waals surface area (Å²) >= 11 is 0. The Labute approximate surface area is 128 Å². The summed E-state index contributed by atoms with van der Waals surface area (Å²) in [5.74, 6) is 0.554. The molecule has 1 aliphatic rings. The SMILES string of the molecule is NCC(CNc1ccccc1)OC1=CCCC(COP)O1. The van der Waals surface area contributed by atoms with Crippen LogP contribution in [0, 0.1) is 0 Å². The van der Waals surface area contributed by atoms with Gasteiger partial charge < -0.3 is 25.0 Å². The van der Waals surface area contributed by atoms with Gasteiger partial charge in [0.05, 0.1) is 13.2 Å². The van der Waals surface area contributed by atoms with Gasteiger partial charge in [0.15, 0.2) is 0 Å². The number of allylic oxidation sites excluding steroid dienone is 1. The molecule has 6 heteroatoms. The molecule has 1 heterocycles. The lowest BCUT2D eigenvalue weighted by atomic mass is 10.2. The predicted molar refractivity (Wildman–Crippen MR) is 86.7 cm³/mol. The summed E-state index contributed by atoms with van der Waals surface area (Å²) in [6.45, 7) is 1.60. The molecule has 0 aliphatic carbocycles. The van der Waals surface area contributed by atoms with E-state index in [9.17, 15) is 0 Å². The Morgan fingerprint density at radius 1 is 1.38 bits per heavy atom. The lowest BCUT2D eigenvalue weighted by Gasteiger charge is -2.27. The maximum atomic E-state index is 5.83. The molecule has 3 N–H and O–H groups in total. The Morgan fingerprint density at radius 3 is 2.90 bits per heavy atom. The number of hydrogen-bond acceptors (Lipinski definition) is 5. The first-order valence-electron chi connectivity index (χ1n) is 7.16. The van der Waals surface area contributed by atoms with Gasteiger partial charge in [0.2, 0.25) is 0 Å². The van der Waals surface area contributed by atoms with E-state index >= 15 is 0 Å². The molecular weight excluding hydrogens is 287 g/mol. The van der Waals surface area contributed by atoms with Gasteiger partial charge in [0, 0.05) is 21.7 Å². The highest BCUT2D eigenvalue weighted by molar-refractivity contribution is 7.09. The first-order valence-corrected chi connectivity index (χ1v) is 7.63. The molecule has 0 aromatic heterocycles. The highest BCUT2D eigenvalue weighted by Gasteiger charge is 2.19. The molecule has 0 spiro atoms. The average molecular weight is 310 g/mol. The maximum Gasteiger partial charge on any atom is 0.275 e. The molecule has 0 saturated carbocycles. The summed E-state index contributed by atoms with van der Waals surface area (Å²) < 4.78 is 16.6. The third-order valence-corrected chi connectivity index (χ3v) is 3.41. The largest absolute Gasteiger partial charge is 0.460 e. The van der Waals surface area contributed by atoms with Gasteiger partial charge in [-0.05, 0) is 31.1 Å². The van der Waals surface area contributed by atoms with Crippen molar-refractivity contribution >= 4 is 15.2 Å². The van der Waals surface area contributed by atoms with Gasteiger partial charge in [-0.1, -0.05) is 18.2 Å². The lowest BCUT2D eigenvalue weighted by molar-refractivity contribution is -0.0554. The van der Waals surface area contributed by atoms with E-state index < -0.39 is 0 Å². The normalized spacial score (nSPS) is 19.3. The Balaban J connectivity index is 1.80. The Hall–Kier alpha value is -1.29. The van der Waals surface area contributed by atoms with Crippen LogP contribution in [-0.4, -0.2) is 31.9 Å². The van der Waals surface area contributed by atoms with Crippen molar-refractivity contribution < 1.29 is 14.0 Å². The number of nitrogens with two attached hydrogens (primary N) is 1. The van der Waals surface area contributed by atoms with Crippen LogP contribution < -0.4 is 11.1 Å². The summed E-state index contributed by atoms with van der Waals surface area (Å²) in [6.07, 6.45) is 3.74. The lowest BCUT2D eigenvalue weighted by Crippen LogP contribution is -2.33. The number of nitrogens with one attached hydrogen (secondary N) is 1. The van der Waals surface area contributed by atoms with Gasteiger partial charge in [-0.2, -0.15) is 0 Å². The first kappa shape index (κ1) is 16.1. The van der Waals surface area contributed by atoms with Gasteiger partial charge >= 0.3 is 0 Å². The molecule has 1 aliphatic heterocycles. The summed E-state index contributed by atoms with van der Waals surface area (Å²) in [5, 5.41) is 3.31. The standard InChI is InChI=1S/C15H23N2O3P/c16-9-14(10-17-12-5-2-1-3-6-12)20-15-8-4-7-13(19-15)11-18-21/h1-3,5-6,8,13-14,17H,4,7,9-11,16,21H2. The minimum absolute atomic E-state index is 0.0445. The molecular formula is C15H23N2O3P. The van der Waals surface area contributed by atoms with Gasteiger partial charge in [-0.15, -0.1) is 0 Å². The van der Waals surface area contributed by atoms with Crippen molar-refractivity contribution in [2.75, 3.05) is 25.0 Å². The number of hydrogen-bond donors (Lipinski definition) is 2. The molecule has 116 valence electrons. The minimum Gasteiger partial charge on any atom is -0.460 e. The minimum atomic E-state index is -0.132. The second kappa shape index (κ2) is 8.88. The van der Waals surface area contributed by atoms with E-state index in [1.54, 1.807) is 0 Å². The number of benzene rings is 1. The number of ether oxygens (including phenoxy) is 2. The highest BCUT2D eigenvalue weighted by Crippen LogP contribution is 2.20. The summed E-state index contributed by atoms with van der Waals surface area (Å²) in [6, 6.07) is 9.98. The number of rotatable bonds is 8. The monoisotopic (exact) mass is 310 g/mol. The third kappa shape index (κ3) is 5.54. The molecule has 1 aromatic rings. The molecule has 0 saturated heterocycles. The molecule has 5 nitrogen and oxygen atoms in total. The van der Waals surface area contributed by atoms with Crippen LogP contribution in [0.2, 0.25) is 0 Å². The predicted octanol–water partition coefficient (Wildman–Crippen LogP) is 2.27. The topological polar surface area (TPSA) is 65.7 Å². The van der Waals surface area contributed by atoms with Crippen LogP contribution >= 0.6 is 9.47 Å². The van der Waals surface area contributed by atoms with Crippen molar-refractivity contribution in [3.8, 4) is 0 Å². The molecule has 0 fully saturated rings. The van der Waals surface area contributed by atoms with E-state index in [0.29, 0.717) is 25.6 Å². The van der Waals surface area contributed by atoms with E-state index in [-0.39, 0.29) is 12.2 Å². The Morgan fingerprint density at radius 2 is 2.19 bits per heavy atom. The van der Waals surface area contributed by atoms with E-state index in [4.69, 9.17) is 19.7 Å². The second-order valence-electron chi connectivity index (χ2n) is 4.90. The number of para-hydroxylation sites is 1. The van der Waals surface area contributed by atoms with Crippen LogP contribution in [-0.2, 0) is 14.0 Å². The van der Waals surface area contributed by atoms with Gasteiger partial charge in [-0.3, -0.25) is 0 Å². The number of anilines is 1. The van der Waals surface area contributed by atoms with Crippen LogP contribution in [0.15, 0.2) is 42.4 Å². The highest BCUT2D eigenvalue weighted by atomic mass is 31.0. The van der Waals surface area contributed by atoms with Crippen LogP contribution in [0.25, 0.3) is 0 Å². The molecule has 0 radical (unpaired) electrons. The molecule has 1 aromatic carbocycles. The fourth-order valence-corrected chi connectivity index (χ4v) is 2.30. The first-order chi connectivity index (χ1) is 10.3. The molecule has 21 heavy (non-hydrogen) atoms. The molecule has 0 amide bonds. The summed E-state index contributed by atoms with van der Waals surface area (Å²) in [7, 11) is 2.24. The maximum absolute atomic E-state index is 5.83. The summed E-state index contributed by atoms with van der Waals surface area (Å²) in [4.78, 5) is 0. The van der Waals surface area contributed by atoms with Crippen LogP contribution in [0.5, 0.6) is 0 Å². The van der Waals surface area contributed by atoms with E-state index in [0.717, 1.165) is 18.5 Å². The van der Waals surface area contributed by atoms with Gasteiger partial charge in [0.25, 0.3) is 5.95 Å². The Bertz CT molecular complexity index is 442. The van der Waals surface area contributed by atoms with Crippen molar-refractivity contribution in [2.24, 2.45) is 5.73 Å². The van der Waals surface area contributed by atoms with E-state index in [2.05, 4.69) is 14.8 Å². The zero-order valence-electron chi connectivity index (χ0n) is 12.0. The quantitative estimate of drug-likeness (QED) is 0.721. The van der Waals surface area contributed by atoms with Crippen molar-refractivity contribution in [3.63, 3.8) is 0 Å². The zero-order valence-corrected chi connectivity index (χ0v) is 13.2. The van der Waals surface area contributed by atoms with Crippen molar-refractivity contribution in [2.45, 2.75) is 25.0 Å². The zero-order chi connectivity index (χ0) is 14.9. The fraction of sp³-hybridized carbons (Fsp3) is 0.467. The molecule has 2 rings (SSSR count). The molecule has 3 atom stereocenters. The smallest absolute Gasteiger partial charge is 0.275 e. The second-order valence-corrected chi connectivity index (χ2v) is 5.23. The third-order valence-electron chi connectivity index (χ3n) is 3.22. The Kier molecular flexibility index (Phi) is 6.80.